The molecular weight excluding hydrogens is 368 g/mol. The average Bonchev–Trinajstić information content (AvgIpc) is 3.13. The largest absolute Gasteiger partial charge is 0.343 e. The fourth-order valence-electron chi connectivity index (χ4n) is 3.12. The molecule has 2 amide bonds. The van der Waals surface area contributed by atoms with Gasteiger partial charge < -0.3 is 10.2 Å². The first kappa shape index (κ1) is 20.3. The molecule has 0 spiro atoms. The van der Waals surface area contributed by atoms with Crippen LogP contribution in [-0.2, 0) is 13.6 Å². The molecule has 0 saturated heterocycles. The molecule has 0 aliphatic carbocycles. The lowest BCUT2D eigenvalue weighted by molar-refractivity contribution is 0.0822. The second-order valence-electron chi connectivity index (χ2n) is 7.37. The molecule has 0 atom stereocenters. The number of aromatic nitrogens is 4. The van der Waals surface area contributed by atoms with E-state index in [9.17, 15) is 9.59 Å². The van der Waals surface area contributed by atoms with E-state index in [2.05, 4.69) is 15.5 Å². The molecule has 0 aliphatic heterocycles. The Morgan fingerprint density at radius 1 is 1.10 bits per heavy atom. The second kappa shape index (κ2) is 7.90. The lowest BCUT2D eigenvalue weighted by Crippen LogP contribution is -2.24. The summed E-state index contributed by atoms with van der Waals surface area (Å²) in [4.78, 5) is 26.8. The fourth-order valence-corrected chi connectivity index (χ4v) is 3.12. The van der Waals surface area contributed by atoms with Gasteiger partial charge in [0.15, 0.2) is 5.69 Å². The van der Waals surface area contributed by atoms with Crippen LogP contribution in [0.25, 0.3) is 0 Å². The maximum Gasteiger partial charge on any atom is 0.276 e. The van der Waals surface area contributed by atoms with Crippen molar-refractivity contribution in [2.75, 3.05) is 19.4 Å². The van der Waals surface area contributed by atoms with Crippen molar-refractivity contribution >= 4 is 17.5 Å². The van der Waals surface area contributed by atoms with E-state index in [1.165, 1.54) is 4.90 Å². The van der Waals surface area contributed by atoms with Crippen LogP contribution >= 0.6 is 0 Å². The van der Waals surface area contributed by atoms with Gasteiger partial charge in [-0.15, -0.1) is 0 Å². The van der Waals surface area contributed by atoms with Gasteiger partial charge in [0, 0.05) is 32.4 Å². The van der Waals surface area contributed by atoms with Gasteiger partial charge in [-0.1, -0.05) is 12.1 Å². The second-order valence-corrected chi connectivity index (χ2v) is 7.37. The molecule has 152 valence electrons. The molecule has 0 aliphatic rings. The van der Waals surface area contributed by atoms with Crippen molar-refractivity contribution in [3.05, 3.63) is 64.2 Å². The van der Waals surface area contributed by atoms with Crippen molar-refractivity contribution in [3.8, 4) is 0 Å². The molecule has 2 heterocycles. The van der Waals surface area contributed by atoms with Crippen LogP contribution in [0.2, 0.25) is 0 Å². The quantitative estimate of drug-likeness (QED) is 0.721. The fraction of sp³-hybridized carbons (Fsp3) is 0.333. The monoisotopic (exact) mass is 394 g/mol. The summed E-state index contributed by atoms with van der Waals surface area (Å²) < 4.78 is 3.50. The number of aryl methyl sites for hydroxylation is 3. The minimum atomic E-state index is -0.288. The summed E-state index contributed by atoms with van der Waals surface area (Å²) in [5.74, 6) is -0.550. The predicted molar refractivity (Wildman–Crippen MR) is 111 cm³/mol. The van der Waals surface area contributed by atoms with E-state index in [-0.39, 0.29) is 17.5 Å². The maximum atomic E-state index is 12.9. The standard InChI is InChI=1S/C21H26N6O2/c1-13-10-14(2)27(23-13)12-16-8-7-9-17(11-16)20(28)22-18-15(3)26(6)24-19(18)21(29)25(4)5/h7-11H,12H2,1-6H3,(H,22,28). The van der Waals surface area contributed by atoms with Gasteiger partial charge in [-0.2, -0.15) is 10.2 Å². The summed E-state index contributed by atoms with van der Waals surface area (Å²) in [7, 11) is 5.05. The van der Waals surface area contributed by atoms with Crippen molar-refractivity contribution < 1.29 is 9.59 Å². The van der Waals surface area contributed by atoms with E-state index in [1.807, 2.05) is 49.7 Å². The number of carbonyl (C=O) groups excluding carboxylic acids is 2. The van der Waals surface area contributed by atoms with E-state index >= 15 is 0 Å². The summed E-state index contributed by atoms with van der Waals surface area (Å²) >= 11 is 0. The molecule has 0 radical (unpaired) electrons. The molecule has 3 rings (SSSR count). The third-order valence-electron chi connectivity index (χ3n) is 4.81. The molecule has 1 aromatic carbocycles. The minimum Gasteiger partial charge on any atom is -0.343 e. The zero-order chi connectivity index (χ0) is 21.3. The number of carbonyl (C=O) groups is 2. The number of benzene rings is 1. The third-order valence-corrected chi connectivity index (χ3v) is 4.81. The molecule has 3 aromatic rings. The number of hydrogen-bond donors (Lipinski definition) is 1. The van der Waals surface area contributed by atoms with E-state index in [0.29, 0.717) is 23.5 Å². The first-order valence-corrected chi connectivity index (χ1v) is 9.34. The van der Waals surface area contributed by atoms with E-state index < -0.39 is 0 Å². The van der Waals surface area contributed by atoms with Gasteiger partial charge in [0.05, 0.1) is 23.6 Å². The van der Waals surface area contributed by atoms with Gasteiger partial charge in [0.25, 0.3) is 11.8 Å². The van der Waals surface area contributed by atoms with Gasteiger partial charge in [0.1, 0.15) is 0 Å². The molecule has 8 nitrogen and oxygen atoms in total. The van der Waals surface area contributed by atoms with E-state index in [4.69, 9.17) is 0 Å². The van der Waals surface area contributed by atoms with Crippen molar-refractivity contribution in [2.24, 2.45) is 7.05 Å². The molecule has 2 aromatic heterocycles. The van der Waals surface area contributed by atoms with Gasteiger partial charge >= 0.3 is 0 Å². The molecular formula is C21H26N6O2. The van der Waals surface area contributed by atoms with E-state index in [1.54, 1.807) is 31.9 Å². The number of hydrogen-bond acceptors (Lipinski definition) is 4. The van der Waals surface area contributed by atoms with E-state index in [0.717, 1.165) is 17.0 Å². The molecule has 29 heavy (non-hydrogen) atoms. The molecule has 0 saturated carbocycles. The molecule has 1 N–H and O–H groups in total. The SMILES string of the molecule is Cc1cc(C)n(Cc2cccc(C(=O)Nc3c(C(=O)N(C)C)nn(C)c3C)c2)n1. The zero-order valence-electron chi connectivity index (χ0n) is 17.6. The Balaban J connectivity index is 1.85. The summed E-state index contributed by atoms with van der Waals surface area (Å²) in [6.45, 7) is 6.35. The highest BCUT2D eigenvalue weighted by Crippen LogP contribution is 2.22. The Morgan fingerprint density at radius 2 is 1.83 bits per heavy atom. The van der Waals surface area contributed by atoms with Crippen molar-refractivity contribution in [1.29, 1.82) is 0 Å². The Kier molecular flexibility index (Phi) is 5.54. The highest BCUT2D eigenvalue weighted by molar-refractivity contribution is 6.08. The highest BCUT2D eigenvalue weighted by Gasteiger charge is 2.23. The van der Waals surface area contributed by atoms with Crippen LogP contribution in [0.1, 0.15) is 43.5 Å². The van der Waals surface area contributed by atoms with Crippen LogP contribution in [0.3, 0.4) is 0 Å². The van der Waals surface area contributed by atoms with Crippen LogP contribution < -0.4 is 5.32 Å². The first-order valence-electron chi connectivity index (χ1n) is 9.34. The average molecular weight is 394 g/mol. The Bertz CT molecular complexity index is 1080. The molecule has 8 heteroatoms. The lowest BCUT2D eigenvalue weighted by atomic mass is 10.1. The molecule has 0 bridgehead atoms. The zero-order valence-corrected chi connectivity index (χ0v) is 17.6. The van der Waals surface area contributed by atoms with Crippen LogP contribution in [-0.4, -0.2) is 50.4 Å². The van der Waals surface area contributed by atoms with Crippen molar-refractivity contribution in [3.63, 3.8) is 0 Å². The normalized spacial score (nSPS) is 10.8. The van der Waals surface area contributed by atoms with Crippen molar-refractivity contribution in [1.82, 2.24) is 24.5 Å². The van der Waals surface area contributed by atoms with Crippen molar-refractivity contribution in [2.45, 2.75) is 27.3 Å². The Hall–Kier alpha value is -3.42. The number of nitrogens with one attached hydrogen (secondary N) is 1. The van der Waals surface area contributed by atoms with Gasteiger partial charge in [-0.3, -0.25) is 19.0 Å². The first-order chi connectivity index (χ1) is 13.7. The number of rotatable bonds is 5. The topological polar surface area (TPSA) is 85.0 Å². The summed E-state index contributed by atoms with van der Waals surface area (Å²) in [5.41, 5.74) is 4.87. The van der Waals surface area contributed by atoms with Gasteiger partial charge in [-0.25, -0.2) is 0 Å². The molecule has 0 unspecified atom stereocenters. The number of anilines is 1. The molecule has 0 fully saturated rings. The van der Waals surface area contributed by atoms with Crippen LogP contribution in [0.15, 0.2) is 30.3 Å². The third kappa shape index (κ3) is 4.21. The Morgan fingerprint density at radius 3 is 2.45 bits per heavy atom. The minimum absolute atomic E-state index is 0.224. The van der Waals surface area contributed by atoms with Gasteiger partial charge in [0.2, 0.25) is 0 Å². The number of nitrogens with zero attached hydrogens (tertiary/aromatic N) is 5. The summed E-state index contributed by atoms with van der Waals surface area (Å²) in [6, 6.07) is 9.41. The lowest BCUT2D eigenvalue weighted by Gasteiger charge is -2.11. The number of amides is 2. The van der Waals surface area contributed by atoms with Gasteiger partial charge in [-0.05, 0) is 44.5 Å². The highest BCUT2D eigenvalue weighted by atomic mass is 16.2. The smallest absolute Gasteiger partial charge is 0.276 e. The predicted octanol–water partition coefficient (Wildman–Crippen LogP) is 2.54. The maximum absolute atomic E-state index is 12.9. The summed E-state index contributed by atoms with van der Waals surface area (Å²) in [5, 5.41) is 11.6. The Labute approximate surface area is 170 Å². The van der Waals surface area contributed by atoms with Crippen LogP contribution in [0.4, 0.5) is 5.69 Å². The summed E-state index contributed by atoms with van der Waals surface area (Å²) in [6.07, 6.45) is 0. The van der Waals surface area contributed by atoms with Crippen LogP contribution in [0.5, 0.6) is 0 Å². The van der Waals surface area contributed by atoms with Crippen LogP contribution in [0, 0.1) is 20.8 Å².